The fourth-order valence-corrected chi connectivity index (χ4v) is 2.20. The maximum atomic E-state index is 4.68. The topological polar surface area (TPSA) is 25.8 Å². The summed E-state index contributed by atoms with van der Waals surface area (Å²) in [6.07, 6.45) is 0.932. The van der Waals surface area contributed by atoms with Gasteiger partial charge in [0.1, 0.15) is 0 Å². The van der Waals surface area contributed by atoms with Crippen LogP contribution in [0.1, 0.15) is 18.3 Å². The summed E-state index contributed by atoms with van der Waals surface area (Å²) in [6.45, 7) is 4.14. The van der Waals surface area contributed by atoms with Crippen LogP contribution in [-0.4, -0.2) is 9.97 Å². The van der Waals surface area contributed by atoms with E-state index < -0.39 is 0 Å². The molecule has 0 aliphatic carbocycles. The van der Waals surface area contributed by atoms with Crippen molar-refractivity contribution in [2.24, 2.45) is 0 Å². The molecule has 3 rings (SSSR count). The van der Waals surface area contributed by atoms with Gasteiger partial charge in [-0.15, -0.1) is 0 Å². The van der Waals surface area contributed by atoms with Crippen LogP contribution in [0.3, 0.4) is 0 Å². The van der Waals surface area contributed by atoms with E-state index in [-0.39, 0.29) is 0 Å². The van der Waals surface area contributed by atoms with Gasteiger partial charge in [-0.3, -0.25) is 0 Å². The lowest BCUT2D eigenvalue weighted by Crippen LogP contribution is -1.96. The summed E-state index contributed by atoms with van der Waals surface area (Å²) >= 11 is 0. The first-order chi connectivity index (χ1) is 8.28. The molecule has 0 saturated carbocycles. The minimum absolute atomic E-state index is 0.932. The summed E-state index contributed by atoms with van der Waals surface area (Å²) in [5, 5.41) is 2.44. The summed E-state index contributed by atoms with van der Waals surface area (Å²) in [5.74, 6) is 0. The quantitative estimate of drug-likeness (QED) is 0.587. The fourth-order valence-electron chi connectivity index (χ4n) is 2.20. The van der Waals surface area contributed by atoms with E-state index in [1.165, 1.54) is 10.8 Å². The molecule has 17 heavy (non-hydrogen) atoms. The summed E-state index contributed by atoms with van der Waals surface area (Å²) in [5.41, 5.74) is 4.10. The van der Waals surface area contributed by atoms with Gasteiger partial charge in [0.25, 0.3) is 0 Å². The van der Waals surface area contributed by atoms with Crippen molar-refractivity contribution in [3.63, 3.8) is 0 Å². The molecular formula is C15H14N2. The van der Waals surface area contributed by atoms with Crippen LogP contribution in [0.4, 0.5) is 0 Å². The molecule has 0 spiro atoms. The maximum absolute atomic E-state index is 4.68. The van der Waals surface area contributed by atoms with Crippen molar-refractivity contribution < 1.29 is 0 Å². The number of nitrogens with zero attached hydrogens (tertiary/aromatic N) is 2. The predicted octanol–water partition coefficient (Wildman–Crippen LogP) is 3.65. The smallest absolute Gasteiger partial charge is 0.0896 e. The van der Waals surface area contributed by atoms with Gasteiger partial charge in [0.15, 0.2) is 0 Å². The Morgan fingerprint density at radius 2 is 1.53 bits per heavy atom. The molecule has 0 saturated heterocycles. The molecule has 0 amide bonds. The molecule has 2 heteroatoms. The van der Waals surface area contributed by atoms with E-state index in [1.807, 2.05) is 6.92 Å². The first-order valence-corrected chi connectivity index (χ1v) is 5.94. The van der Waals surface area contributed by atoms with Crippen LogP contribution in [0, 0.1) is 6.92 Å². The molecule has 2 nitrogen and oxygen atoms in total. The van der Waals surface area contributed by atoms with Gasteiger partial charge in [0.2, 0.25) is 0 Å². The summed E-state index contributed by atoms with van der Waals surface area (Å²) in [7, 11) is 0. The Morgan fingerprint density at radius 1 is 0.941 bits per heavy atom. The second-order valence-corrected chi connectivity index (χ2v) is 4.30. The third-order valence-electron chi connectivity index (χ3n) is 3.14. The van der Waals surface area contributed by atoms with Crippen molar-refractivity contribution in [2.75, 3.05) is 0 Å². The molecule has 3 aromatic rings. The van der Waals surface area contributed by atoms with Crippen LogP contribution < -0.4 is 0 Å². The van der Waals surface area contributed by atoms with Gasteiger partial charge in [-0.25, -0.2) is 9.97 Å². The molecule has 0 N–H and O–H groups in total. The van der Waals surface area contributed by atoms with Gasteiger partial charge in [0.05, 0.1) is 22.4 Å². The lowest BCUT2D eigenvalue weighted by atomic mass is 10.1. The van der Waals surface area contributed by atoms with Crippen LogP contribution in [-0.2, 0) is 6.42 Å². The largest absolute Gasteiger partial charge is 0.250 e. The van der Waals surface area contributed by atoms with Gasteiger partial charge in [-0.2, -0.15) is 0 Å². The third kappa shape index (κ3) is 1.66. The highest BCUT2D eigenvalue weighted by Crippen LogP contribution is 2.21. The Labute approximate surface area is 100 Å². The average Bonchev–Trinajstić information content (AvgIpc) is 2.35. The Hall–Kier alpha value is -1.96. The van der Waals surface area contributed by atoms with Crippen LogP contribution in [0.15, 0.2) is 36.4 Å². The molecule has 0 fully saturated rings. The molecule has 0 aliphatic rings. The number of hydrogen-bond donors (Lipinski definition) is 0. The fraction of sp³-hybridized carbons (Fsp3) is 0.200. The zero-order chi connectivity index (χ0) is 11.8. The molecule has 0 atom stereocenters. The Balaban J connectivity index is 2.40. The molecular weight excluding hydrogens is 208 g/mol. The Bertz CT molecular complexity index is 702. The van der Waals surface area contributed by atoms with E-state index in [0.29, 0.717) is 0 Å². The third-order valence-corrected chi connectivity index (χ3v) is 3.14. The van der Waals surface area contributed by atoms with E-state index >= 15 is 0 Å². The van der Waals surface area contributed by atoms with Crippen LogP contribution in [0.5, 0.6) is 0 Å². The summed E-state index contributed by atoms with van der Waals surface area (Å²) in [6, 6.07) is 12.6. The van der Waals surface area contributed by atoms with Crippen molar-refractivity contribution in [3.8, 4) is 0 Å². The molecule has 0 unspecified atom stereocenters. The Morgan fingerprint density at radius 3 is 2.12 bits per heavy atom. The highest BCUT2D eigenvalue weighted by Gasteiger charge is 2.04. The maximum Gasteiger partial charge on any atom is 0.0896 e. The van der Waals surface area contributed by atoms with E-state index in [1.54, 1.807) is 0 Å². The molecule has 0 radical (unpaired) electrons. The Kier molecular flexibility index (Phi) is 2.29. The number of aromatic nitrogens is 2. The first-order valence-electron chi connectivity index (χ1n) is 5.94. The zero-order valence-electron chi connectivity index (χ0n) is 10.1. The van der Waals surface area contributed by atoms with Crippen molar-refractivity contribution in [1.82, 2.24) is 9.97 Å². The van der Waals surface area contributed by atoms with Crippen LogP contribution >= 0.6 is 0 Å². The summed E-state index contributed by atoms with van der Waals surface area (Å²) < 4.78 is 0. The number of benzene rings is 2. The first kappa shape index (κ1) is 10.2. The highest BCUT2D eigenvalue weighted by atomic mass is 14.8. The lowest BCUT2D eigenvalue weighted by Gasteiger charge is -2.05. The van der Waals surface area contributed by atoms with Gasteiger partial charge in [-0.1, -0.05) is 31.2 Å². The van der Waals surface area contributed by atoms with Crippen molar-refractivity contribution in [1.29, 1.82) is 0 Å². The molecule has 1 aromatic heterocycles. The van der Waals surface area contributed by atoms with Crippen LogP contribution in [0.2, 0.25) is 0 Å². The summed E-state index contributed by atoms with van der Waals surface area (Å²) in [4.78, 5) is 9.31. The molecule has 0 aliphatic heterocycles. The number of rotatable bonds is 1. The number of fused-ring (bicyclic) bond motifs is 2. The minimum Gasteiger partial charge on any atom is -0.250 e. The monoisotopic (exact) mass is 222 g/mol. The number of aryl methyl sites for hydroxylation is 2. The van der Waals surface area contributed by atoms with Gasteiger partial charge < -0.3 is 0 Å². The second-order valence-electron chi connectivity index (χ2n) is 4.30. The SMILES string of the molecule is CCc1nc2cc3ccccc3cc2nc1C. The van der Waals surface area contributed by atoms with Crippen LogP contribution in [0.25, 0.3) is 21.8 Å². The predicted molar refractivity (Wildman–Crippen MR) is 71.2 cm³/mol. The average molecular weight is 222 g/mol. The molecule has 2 aromatic carbocycles. The van der Waals surface area contributed by atoms with Crippen molar-refractivity contribution in [3.05, 3.63) is 47.8 Å². The van der Waals surface area contributed by atoms with Gasteiger partial charge in [-0.05, 0) is 36.2 Å². The molecule has 0 bridgehead atoms. The van der Waals surface area contributed by atoms with E-state index in [2.05, 4.69) is 53.3 Å². The number of hydrogen-bond acceptors (Lipinski definition) is 2. The van der Waals surface area contributed by atoms with E-state index in [9.17, 15) is 0 Å². The minimum atomic E-state index is 0.932. The normalized spacial score (nSPS) is 11.2. The molecule has 1 heterocycles. The standard InChI is InChI=1S/C15H14N2/c1-3-13-10(2)16-14-8-11-6-4-5-7-12(11)9-15(14)17-13/h4-9H,3H2,1-2H3. The lowest BCUT2D eigenvalue weighted by molar-refractivity contribution is 0.990. The van der Waals surface area contributed by atoms with E-state index in [4.69, 9.17) is 0 Å². The zero-order valence-corrected chi connectivity index (χ0v) is 10.1. The van der Waals surface area contributed by atoms with Crippen molar-refractivity contribution in [2.45, 2.75) is 20.3 Å². The van der Waals surface area contributed by atoms with Crippen molar-refractivity contribution >= 4 is 21.8 Å². The van der Waals surface area contributed by atoms with Gasteiger partial charge >= 0.3 is 0 Å². The van der Waals surface area contributed by atoms with Gasteiger partial charge in [0, 0.05) is 0 Å². The van der Waals surface area contributed by atoms with E-state index in [0.717, 1.165) is 28.8 Å². The molecule has 84 valence electrons. The second kappa shape index (κ2) is 3.81. The highest BCUT2D eigenvalue weighted by molar-refractivity contribution is 5.94.